The molecule has 2 N–H and O–H groups in total. The fourth-order valence-corrected chi connectivity index (χ4v) is 1.96. The van der Waals surface area contributed by atoms with Crippen molar-refractivity contribution in [2.45, 2.75) is 26.0 Å². The average molecular weight is 269 g/mol. The topological polar surface area (TPSA) is 52.3 Å². The van der Waals surface area contributed by atoms with Gasteiger partial charge in [0, 0.05) is 11.1 Å². The predicted octanol–water partition coefficient (Wildman–Crippen LogP) is 3.38. The first-order valence-electron chi connectivity index (χ1n) is 6.82. The van der Waals surface area contributed by atoms with Crippen LogP contribution in [-0.4, -0.2) is 12.0 Å². The molecule has 0 saturated heterocycles. The van der Waals surface area contributed by atoms with Gasteiger partial charge in [-0.2, -0.15) is 0 Å². The quantitative estimate of drug-likeness (QED) is 0.646. The highest BCUT2D eigenvalue weighted by atomic mass is 16.5. The van der Waals surface area contributed by atoms with Crippen LogP contribution < -0.4 is 10.5 Å². The van der Waals surface area contributed by atoms with Gasteiger partial charge in [0.25, 0.3) is 0 Å². The molecule has 0 heterocycles. The smallest absolute Gasteiger partial charge is 0.193 e. The molecular weight excluding hydrogens is 250 g/mol. The summed E-state index contributed by atoms with van der Waals surface area (Å²) in [4.78, 5) is 12.2. The Balaban J connectivity index is 2.07. The number of benzene rings is 2. The van der Waals surface area contributed by atoms with E-state index in [1.807, 2.05) is 30.3 Å². The summed E-state index contributed by atoms with van der Waals surface area (Å²) in [5.74, 6) is 0.700. The minimum Gasteiger partial charge on any atom is -0.476 e. The van der Waals surface area contributed by atoms with Crippen molar-refractivity contribution >= 4 is 5.78 Å². The summed E-state index contributed by atoms with van der Waals surface area (Å²) in [7, 11) is 0. The Kier molecular flexibility index (Phi) is 4.91. The van der Waals surface area contributed by atoms with Crippen LogP contribution >= 0.6 is 0 Å². The summed E-state index contributed by atoms with van der Waals surface area (Å²) in [6, 6.07) is 16.3. The number of ketones is 1. The Morgan fingerprint density at radius 1 is 1.05 bits per heavy atom. The molecule has 0 fully saturated rings. The zero-order valence-corrected chi connectivity index (χ0v) is 11.6. The molecule has 0 aromatic heterocycles. The first kappa shape index (κ1) is 14.3. The highest BCUT2D eigenvalue weighted by Gasteiger charge is 2.09. The maximum absolute atomic E-state index is 12.2. The molecule has 0 aliphatic rings. The number of rotatable bonds is 6. The van der Waals surface area contributed by atoms with E-state index in [2.05, 4.69) is 6.92 Å². The lowest BCUT2D eigenvalue weighted by Crippen LogP contribution is -2.26. The number of ether oxygens (including phenoxy) is 1. The Hall–Kier alpha value is -2.13. The van der Waals surface area contributed by atoms with E-state index in [-0.39, 0.29) is 12.0 Å². The zero-order valence-electron chi connectivity index (χ0n) is 11.6. The molecule has 104 valence electrons. The number of hydrogen-bond acceptors (Lipinski definition) is 3. The summed E-state index contributed by atoms with van der Waals surface area (Å²) in [5.41, 5.74) is 7.15. The summed E-state index contributed by atoms with van der Waals surface area (Å²) < 4.78 is 5.56. The Morgan fingerprint density at radius 2 is 1.65 bits per heavy atom. The lowest BCUT2D eigenvalue weighted by Gasteiger charge is -2.13. The molecule has 0 aliphatic carbocycles. The van der Waals surface area contributed by atoms with Crippen LogP contribution in [0.4, 0.5) is 0 Å². The number of nitrogens with two attached hydrogens (primary N) is 1. The first-order chi connectivity index (χ1) is 9.70. The van der Waals surface area contributed by atoms with E-state index in [1.54, 1.807) is 24.3 Å². The van der Waals surface area contributed by atoms with Gasteiger partial charge >= 0.3 is 0 Å². The molecule has 20 heavy (non-hydrogen) atoms. The fraction of sp³-hybridized carbons (Fsp3) is 0.235. The Bertz CT molecular complexity index is 549. The molecule has 1 atom stereocenters. The van der Waals surface area contributed by atoms with Crippen LogP contribution in [0.15, 0.2) is 54.6 Å². The van der Waals surface area contributed by atoms with Gasteiger partial charge in [0.1, 0.15) is 12.0 Å². The van der Waals surface area contributed by atoms with E-state index in [1.165, 1.54) is 0 Å². The van der Waals surface area contributed by atoms with Crippen LogP contribution in [0, 0.1) is 0 Å². The molecule has 1 unspecified atom stereocenters. The van der Waals surface area contributed by atoms with Crippen molar-refractivity contribution in [2.75, 3.05) is 0 Å². The van der Waals surface area contributed by atoms with Gasteiger partial charge in [-0.1, -0.05) is 43.7 Å². The van der Waals surface area contributed by atoms with E-state index in [0.717, 1.165) is 12.8 Å². The van der Waals surface area contributed by atoms with Crippen molar-refractivity contribution in [3.05, 3.63) is 65.7 Å². The third kappa shape index (κ3) is 3.68. The third-order valence-electron chi connectivity index (χ3n) is 3.01. The molecular formula is C17H19NO2. The number of carbonyl (C=O) groups excluding carboxylic acids is 1. The second-order valence-corrected chi connectivity index (χ2v) is 4.66. The van der Waals surface area contributed by atoms with Crippen molar-refractivity contribution in [1.29, 1.82) is 0 Å². The summed E-state index contributed by atoms with van der Waals surface area (Å²) >= 11 is 0. The van der Waals surface area contributed by atoms with Crippen LogP contribution in [0.3, 0.4) is 0 Å². The SMILES string of the molecule is CCCC(N)Oc1ccc(C(=O)c2ccccc2)cc1. The molecule has 2 rings (SSSR count). The van der Waals surface area contributed by atoms with E-state index in [4.69, 9.17) is 10.5 Å². The van der Waals surface area contributed by atoms with Crippen molar-refractivity contribution in [3.63, 3.8) is 0 Å². The second-order valence-electron chi connectivity index (χ2n) is 4.66. The monoisotopic (exact) mass is 269 g/mol. The van der Waals surface area contributed by atoms with E-state index in [9.17, 15) is 4.79 Å². The average Bonchev–Trinajstić information content (AvgIpc) is 2.48. The lowest BCUT2D eigenvalue weighted by molar-refractivity contribution is 0.103. The maximum atomic E-state index is 12.2. The highest BCUT2D eigenvalue weighted by Crippen LogP contribution is 2.16. The maximum Gasteiger partial charge on any atom is 0.193 e. The number of carbonyl (C=O) groups is 1. The third-order valence-corrected chi connectivity index (χ3v) is 3.01. The minimum atomic E-state index is -0.296. The molecule has 0 spiro atoms. The first-order valence-corrected chi connectivity index (χ1v) is 6.82. The fourth-order valence-electron chi connectivity index (χ4n) is 1.96. The molecule has 0 aliphatic heterocycles. The zero-order chi connectivity index (χ0) is 14.4. The van der Waals surface area contributed by atoms with Gasteiger partial charge in [0.15, 0.2) is 5.78 Å². The Morgan fingerprint density at radius 3 is 2.25 bits per heavy atom. The van der Waals surface area contributed by atoms with Crippen LogP contribution in [0.1, 0.15) is 35.7 Å². The normalized spacial score (nSPS) is 11.9. The molecule has 2 aromatic carbocycles. The summed E-state index contributed by atoms with van der Waals surface area (Å²) in [5, 5.41) is 0. The van der Waals surface area contributed by atoms with Gasteiger partial charge in [-0.3, -0.25) is 10.5 Å². The minimum absolute atomic E-state index is 0.00927. The standard InChI is InChI=1S/C17H19NO2/c1-2-6-16(18)20-15-11-9-14(10-12-15)17(19)13-7-4-3-5-8-13/h3-5,7-12,16H,2,6,18H2,1H3. The van der Waals surface area contributed by atoms with Crippen LogP contribution in [0.25, 0.3) is 0 Å². The predicted molar refractivity (Wildman–Crippen MR) is 79.8 cm³/mol. The molecule has 3 heteroatoms. The van der Waals surface area contributed by atoms with Crippen LogP contribution in [-0.2, 0) is 0 Å². The second kappa shape index (κ2) is 6.87. The largest absolute Gasteiger partial charge is 0.476 e. The van der Waals surface area contributed by atoms with E-state index >= 15 is 0 Å². The van der Waals surface area contributed by atoms with Gasteiger partial charge in [-0.05, 0) is 30.7 Å². The van der Waals surface area contributed by atoms with Crippen molar-refractivity contribution in [3.8, 4) is 5.75 Å². The summed E-state index contributed by atoms with van der Waals surface area (Å²) in [6.45, 7) is 2.06. The molecule has 0 bridgehead atoms. The number of hydrogen-bond donors (Lipinski definition) is 1. The molecule has 2 aromatic rings. The van der Waals surface area contributed by atoms with Gasteiger partial charge in [-0.25, -0.2) is 0 Å². The van der Waals surface area contributed by atoms with E-state index in [0.29, 0.717) is 16.9 Å². The molecule has 3 nitrogen and oxygen atoms in total. The lowest BCUT2D eigenvalue weighted by atomic mass is 10.0. The van der Waals surface area contributed by atoms with Gasteiger partial charge in [0.2, 0.25) is 0 Å². The van der Waals surface area contributed by atoms with Crippen LogP contribution in [0.2, 0.25) is 0 Å². The van der Waals surface area contributed by atoms with Crippen LogP contribution in [0.5, 0.6) is 5.75 Å². The van der Waals surface area contributed by atoms with E-state index < -0.39 is 0 Å². The van der Waals surface area contributed by atoms with Gasteiger partial charge in [-0.15, -0.1) is 0 Å². The van der Waals surface area contributed by atoms with Gasteiger partial charge < -0.3 is 4.74 Å². The molecule has 0 saturated carbocycles. The molecule has 0 radical (unpaired) electrons. The van der Waals surface area contributed by atoms with Crippen molar-refractivity contribution in [2.24, 2.45) is 5.73 Å². The van der Waals surface area contributed by atoms with Gasteiger partial charge in [0.05, 0.1) is 0 Å². The van der Waals surface area contributed by atoms with Crippen molar-refractivity contribution in [1.82, 2.24) is 0 Å². The molecule has 0 amide bonds. The highest BCUT2D eigenvalue weighted by molar-refractivity contribution is 6.08. The van der Waals surface area contributed by atoms with Crippen molar-refractivity contribution < 1.29 is 9.53 Å². The Labute approximate surface area is 119 Å². The summed E-state index contributed by atoms with van der Waals surface area (Å²) in [6.07, 6.45) is 1.49.